The SMILES string of the molecule is Cc1nnnn1CC(=O)N(C)Cc1cc(Br)cs1. The summed E-state index contributed by atoms with van der Waals surface area (Å²) in [5, 5.41) is 13.0. The highest BCUT2D eigenvalue weighted by atomic mass is 79.9. The number of amides is 1. The van der Waals surface area contributed by atoms with Crippen LogP contribution in [0.3, 0.4) is 0 Å². The third-order valence-corrected chi connectivity index (χ3v) is 4.12. The maximum atomic E-state index is 12.0. The fourth-order valence-electron chi connectivity index (χ4n) is 1.40. The Morgan fingerprint density at radius 3 is 2.94 bits per heavy atom. The highest BCUT2D eigenvalue weighted by molar-refractivity contribution is 9.10. The third kappa shape index (κ3) is 3.14. The molecule has 6 nitrogen and oxygen atoms in total. The Kier molecular flexibility index (Phi) is 4.07. The first-order chi connectivity index (χ1) is 8.56. The van der Waals surface area contributed by atoms with Crippen molar-refractivity contribution in [1.29, 1.82) is 0 Å². The number of carbonyl (C=O) groups is 1. The van der Waals surface area contributed by atoms with Crippen LogP contribution in [0.15, 0.2) is 15.9 Å². The van der Waals surface area contributed by atoms with E-state index in [9.17, 15) is 4.79 Å². The first kappa shape index (κ1) is 13.2. The highest BCUT2D eigenvalue weighted by Crippen LogP contribution is 2.20. The molecule has 0 aliphatic carbocycles. The molecule has 1 amide bonds. The molecule has 0 aliphatic rings. The number of likely N-dealkylation sites (N-methyl/N-ethyl adjacent to an activating group) is 1. The second kappa shape index (κ2) is 5.57. The number of hydrogen-bond acceptors (Lipinski definition) is 5. The molecule has 0 spiro atoms. The van der Waals surface area contributed by atoms with Gasteiger partial charge in [-0.25, -0.2) is 4.68 Å². The topological polar surface area (TPSA) is 63.9 Å². The number of aryl methyl sites for hydroxylation is 1. The molecule has 2 aromatic heterocycles. The van der Waals surface area contributed by atoms with Crippen molar-refractivity contribution < 1.29 is 4.79 Å². The molecule has 2 aromatic rings. The van der Waals surface area contributed by atoms with Crippen molar-refractivity contribution in [3.05, 3.63) is 26.6 Å². The minimum atomic E-state index is -0.0186. The Morgan fingerprint density at radius 1 is 1.61 bits per heavy atom. The van der Waals surface area contributed by atoms with Gasteiger partial charge in [-0.05, 0) is 39.3 Å². The van der Waals surface area contributed by atoms with Gasteiger partial charge in [0.2, 0.25) is 5.91 Å². The van der Waals surface area contributed by atoms with Gasteiger partial charge in [-0.1, -0.05) is 0 Å². The van der Waals surface area contributed by atoms with Crippen molar-refractivity contribution in [2.75, 3.05) is 7.05 Å². The number of aromatic nitrogens is 4. The number of rotatable bonds is 4. The quantitative estimate of drug-likeness (QED) is 0.851. The minimum absolute atomic E-state index is 0.0186. The molecule has 2 heterocycles. The van der Waals surface area contributed by atoms with Crippen LogP contribution in [0.4, 0.5) is 0 Å². The van der Waals surface area contributed by atoms with Crippen LogP contribution in [0, 0.1) is 6.92 Å². The lowest BCUT2D eigenvalue weighted by Crippen LogP contribution is -2.30. The number of tetrazole rings is 1. The van der Waals surface area contributed by atoms with Crippen LogP contribution in [-0.2, 0) is 17.9 Å². The summed E-state index contributed by atoms with van der Waals surface area (Å²) in [5.41, 5.74) is 0. The second-order valence-electron chi connectivity index (χ2n) is 3.86. The van der Waals surface area contributed by atoms with E-state index < -0.39 is 0 Å². The minimum Gasteiger partial charge on any atom is -0.339 e. The van der Waals surface area contributed by atoms with Gasteiger partial charge < -0.3 is 4.90 Å². The van der Waals surface area contributed by atoms with E-state index in [0.717, 1.165) is 9.35 Å². The molecule has 96 valence electrons. The zero-order chi connectivity index (χ0) is 13.1. The summed E-state index contributed by atoms with van der Waals surface area (Å²) < 4.78 is 2.53. The normalized spacial score (nSPS) is 10.6. The van der Waals surface area contributed by atoms with Gasteiger partial charge in [-0.2, -0.15) is 0 Å². The van der Waals surface area contributed by atoms with Crippen LogP contribution in [0.5, 0.6) is 0 Å². The number of hydrogen-bond donors (Lipinski definition) is 0. The molecule has 2 rings (SSSR count). The Bertz CT molecular complexity index is 552. The van der Waals surface area contributed by atoms with E-state index in [1.807, 2.05) is 11.4 Å². The van der Waals surface area contributed by atoms with E-state index in [0.29, 0.717) is 12.4 Å². The molecule has 0 saturated heterocycles. The Hall–Kier alpha value is -1.28. The van der Waals surface area contributed by atoms with Gasteiger partial charge in [0.05, 0.1) is 6.54 Å². The molecule has 0 saturated carbocycles. The average molecular weight is 330 g/mol. The van der Waals surface area contributed by atoms with E-state index in [1.165, 1.54) is 4.68 Å². The fourth-order valence-corrected chi connectivity index (χ4v) is 2.91. The maximum absolute atomic E-state index is 12.0. The van der Waals surface area contributed by atoms with E-state index >= 15 is 0 Å². The van der Waals surface area contributed by atoms with Gasteiger partial charge in [0.25, 0.3) is 0 Å². The molecule has 0 fully saturated rings. The largest absolute Gasteiger partial charge is 0.339 e. The van der Waals surface area contributed by atoms with Crippen LogP contribution in [-0.4, -0.2) is 38.1 Å². The van der Waals surface area contributed by atoms with Crippen LogP contribution in [0.2, 0.25) is 0 Å². The highest BCUT2D eigenvalue weighted by Gasteiger charge is 2.13. The number of halogens is 1. The first-order valence-corrected chi connectivity index (χ1v) is 6.93. The maximum Gasteiger partial charge on any atom is 0.244 e. The summed E-state index contributed by atoms with van der Waals surface area (Å²) in [6.45, 7) is 2.53. The fraction of sp³-hybridized carbons (Fsp3) is 0.400. The monoisotopic (exact) mass is 329 g/mol. The average Bonchev–Trinajstić information content (AvgIpc) is 2.89. The van der Waals surface area contributed by atoms with Crippen molar-refractivity contribution in [3.8, 4) is 0 Å². The zero-order valence-electron chi connectivity index (χ0n) is 10.00. The molecule has 0 atom stereocenters. The van der Waals surface area contributed by atoms with Gasteiger partial charge in [0.15, 0.2) is 0 Å². The molecule has 18 heavy (non-hydrogen) atoms. The van der Waals surface area contributed by atoms with Crippen molar-refractivity contribution in [3.63, 3.8) is 0 Å². The Labute approximate surface area is 117 Å². The standard InChI is InChI=1S/C10H12BrN5OS/c1-7-12-13-14-16(7)5-10(17)15(2)4-9-3-8(11)6-18-9/h3,6H,4-5H2,1-2H3. The summed E-state index contributed by atoms with van der Waals surface area (Å²) in [6, 6.07) is 2.01. The molecule has 8 heteroatoms. The lowest BCUT2D eigenvalue weighted by molar-refractivity contribution is -0.131. The van der Waals surface area contributed by atoms with E-state index in [1.54, 1.807) is 30.2 Å². The van der Waals surface area contributed by atoms with Crippen LogP contribution in [0.1, 0.15) is 10.7 Å². The first-order valence-electron chi connectivity index (χ1n) is 5.26. The molecule has 0 bridgehead atoms. The summed E-state index contributed by atoms with van der Waals surface area (Å²) in [4.78, 5) is 14.8. The molecule has 0 N–H and O–H groups in total. The van der Waals surface area contributed by atoms with Crippen molar-refractivity contribution in [1.82, 2.24) is 25.1 Å². The predicted molar refractivity (Wildman–Crippen MR) is 71.0 cm³/mol. The summed E-state index contributed by atoms with van der Waals surface area (Å²) in [7, 11) is 1.77. The third-order valence-electron chi connectivity index (χ3n) is 2.44. The van der Waals surface area contributed by atoms with Gasteiger partial charge >= 0.3 is 0 Å². The van der Waals surface area contributed by atoms with Crippen LogP contribution in [0.25, 0.3) is 0 Å². The van der Waals surface area contributed by atoms with Crippen molar-refractivity contribution >= 4 is 33.2 Å². The predicted octanol–water partition coefficient (Wildman–Crippen LogP) is 1.46. The van der Waals surface area contributed by atoms with Crippen LogP contribution < -0.4 is 0 Å². The number of nitrogens with zero attached hydrogens (tertiary/aromatic N) is 5. The van der Waals surface area contributed by atoms with Crippen molar-refractivity contribution in [2.24, 2.45) is 0 Å². The molecule has 0 aromatic carbocycles. The van der Waals surface area contributed by atoms with Crippen LogP contribution >= 0.6 is 27.3 Å². The van der Waals surface area contributed by atoms with E-state index in [4.69, 9.17) is 0 Å². The van der Waals surface area contributed by atoms with Gasteiger partial charge in [0, 0.05) is 21.8 Å². The van der Waals surface area contributed by atoms with Gasteiger partial charge in [0.1, 0.15) is 12.4 Å². The van der Waals surface area contributed by atoms with E-state index in [-0.39, 0.29) is 12.5 Å². The molecule has 0 radical (unpaired) electrons. The molecular weight excluding hydrogens is 318 g/mol. The summed E-state index contributed by atoms with van der Waals surface area (Å²) in [5.74, 6) is 0.616. The summed E-state index contributed by atoms with van der Waals surface area (Å²) in [6.07, 6.45) is 0. The molecule has 0 aliphatic heterocycles. The molecule has 0 unspecified atom stereocenters. The molecular formula is C10H12BrN5OS. The number of carbonyl (C=O) groups excluding carboxylic acids is 1. The smallest absolute Gasteiger partial charge is 0.244 e. The second-order valence-corrected chi connectivity index (χ2v) is 5.78. The zero-order valence-corrected chi connectivity index (χ0v) is 12.4. The Morgan fingerprint density at radius 2 is 2.39 bits per heavy atom. The lowest BCUT2D eigenvalue weighted by Gasteiger charge is -2.16. The Balaban J connectivity index is 1.95. The summed E-state index contributed by atoms with van der Waals surface area (Å²) >= 11 is 5.01. The van der Waals surface area contributed by atoms with Gasteiger partial charge in [-0.15, -0.1) is 16.4 Å². The lowest BCUT2D eigenvalue weighted by atomic mass is 10.4. The van der Waals surface area contributed by atoms with Crippen molar-refractivity contribution in [2.45, 2.75) is 20.0 Å². The van der Waals surface area contributed by atoms with Gasteiger partial charge in [-0.3, -0.25) is 4.79 Å². The number of thiophene rings is 1. The van der Waals surface area contributed by atoms with E-state index in [2.05, 4.69) is 31.5 Å².